The van der Waals surface area contributed by atoms with Crippen LogP contribution in [-0.2, 0) is 4.74 Å². The lowest BCUT2D eigenvalue weighted by molar-refractivity contribution is 0.191. The zero-order valence-corrected chi connectivity index (χ0v) is 11.4. The van der Waals surface area contributed by atoms with Crippen LogP contribution in [0.5, 0.6) is 0 Å². The molecule has 1 N–H and O–H groups in total. The number of nitrogens with zero attached hydrogens (tertiary/aromatic N) is 1. The van der Waals surface area contributed by atoms with Gasteiger partial charge in [0.25, 0.3) is 0 Å². The van der Waals surface area contributed by atoms with Crippen LogP contribution in [-0.4, -0.2) is 24.7 Å². The van der Waals surface area contributed by atoms with E-state index in [2.05, 4.69) is 17.2 Å². The predicted octanol–water partition coefficient (Wildman–Crippen LogP) is 3.73. The van der Waals surface area contributed by atoms with Gasteiger partial charge >= 0.3 is 0 Å². The summed E-state index contributed by atoms with van der Waals surface area (Å²) in [4.78, 5) is 4.40. The molecule has 0 bridgehead atoms. The highest BCUT2D eigenvalue weighted by Gasteiger charge is 2.08. The van der Waals surface area contributed by atoms with Gasteiger partial charge in [-0.2, -0.15) is 0 Å². The Morgan fingerprint density at radius 1 is 1.39 bits per heavy atom. The summed E-state index contributed by atoms with van der Waals surface area (Å²) in [7, 11) is 1.71. The summed E-state index contributed by atoms with van der Waals surface area (Å²) in [5.74, 6) is 0. The Hall–Kier alpha value is -1.32. The maximum atomic E-state index is 6.16. The maximum Gasteiger partial charge on any atom is 0.0948 e. The van der Waals surface area contributed by atoms with Gasteiger partial charge in [0.15, 0.2) is 0 Å². The first-order chi connectivity index (χ1) is 8.72. The van der Waals surface area contributed by atoms with Gasteiger partial charge in [0.2, 0.25) is 0 Å². The van der Waals surface area contributed by atoms with E-state index < -0.39 is 0 Å². The molecule has 2 aromatic rings. The van der Waals surface area contributed by atoms with E-state index in [1.165, 1.54) is 0 Å². The maximum absolute atomic E-state index is 6.16. The van der Waals surface area contributed by atoms with E-state index in [9.17, 15) is 0 Å². The van der Waals surface area contributed by atoms with Gasteiger partial charge in [0, 0.05) is 31.3 Å². The number of pyridine rings is 1. The van der Waals surface area contributed by atoms with E-state index in [1.54, 1.807) is 13.3 Å². The second-order valence-electron chi connectivity index (χ2n) is 4.32. The highest BCUT2D eigenvalue weighted by molar-refractivity contribution is 6.35. The number of fused-ring (bicyclic) bond motifs is 1. The average Bonchev–Trinajstić information content (AvgIpc) is 2.40. The lowest BCUT2D eigenvalue weighted by atomic mass is 10.1. The Kier molecular flexibility index (Phi) is 4.39. The van der Waals surface area contributed by atoms with Crippen LogP contribution in [0.3, 0.4) is 0 Å². The van der Waals surface area contributed by atoms with E-state index >= 15 is 0 Å². The minimum absolute atomic E-state index is 0.330. The fraction of sp³-hybridized carbons (Fsp3) is 0.357. The molecule has 0 spiro atoms. The molecule has 0 fully saturated rings. The lowest BCUT2D eigenvalue weighted by Gasteiger charge is -2.16. The highest BCUT2D eigenvalue weighted by Crippen LogP contribution is 2.28. The number of anilines is 1. The minimum Gasteiger partial charge on any atom is -0.385 e. The minimum atomic E-state index is 0.330. The molecule has 96 valence electrons. The van der Waals surface area contributed by atoms with Crippen molar-refractivity contribution in [1.29, 1.82) is 0 Å². The van der Waals surface area contributed by atoms with E-state index in [4.69, 9.17) is 16.3 Å². The van der Waals surface area contributed by atoms with E-state index in [-0.39, 0.29) is 0 Å². The molecule has 0 aliphatic carbocycles. The number of benzene rings is 1. The topological polar surface area (TPSA) is 34.1 Å². The normalized spacial score (nSPS) is 12.6. The van der Waals surface area contributed by atoms with Gasteiger partial charge < -0.3 is 10.1 Å². The molecule has 0 saturated carbocycles. The summed E-state index contributed by atoms with van der Waals surface area (Å²) in [6.07, 6.45) is 2.73. The molecular weight excluding hydrogens is 248 g/mol. The largest absolute Gasteiger partial charge is 0.385 e. The number of aromatic nitrogens is 1. The SMILES string of the molecule is COCCC(C)Nc1ccc(Cl)c2cccnc12. The Bertz CT molecular complexity index is 530. The van der Waals surface area contributed by atoms with Crippen molar-refractivity contribution in [1.82, 2.24) is 4.98 Å². The van der Waals surface area contributed by atoms with E-state index in [0.717, 1.165) is 34.6 Å². The van der Waals surface area contributed by atoms with Crippen molar-refractivity contribution >= 4 is 28.2 Å². The molecule has 18 heavy (non-hydrogen) atoms. The number of hydrogen-bond acceptors (Lipinski definition) is 3. The number of rotatable bonds is 5. The molecule has 3 nitrogen and oxygen atoms in total. The summed E-state index contributed by atoms with van der Waals surface area (Å²) >= 11 is 6.16. The van der Waals surface area contributed by atoms with Gasteiger partial charge in [0.05, 0.1) is 16.2 Å². The fourth-order valence-corrected chi connectivity index (χ4v) is 2.10. The van der Waals surface area contributed by atoms with E-state index in [0.29, 0.717) is 6.04 Å². The molecule has 1 heterocycles. The lowest BCUT2D eigenvalue weighted by Crippen LogP contribution is -2.17. The first-order valence-electron chi connectivity index (χ1n) is 6.01. The smallest absolute Gasteiger partial charge is 0.0948 e. The van der Waals surface area contributed by atoms with Crippen LogP contribution in [0.2, 0.25) is 5.02 Å². The Labute approximate surface area is 112 Å². The van der Waals surface area contributed by atoms with Gasteiger partial charge in [-0.05, 0) is 37.6 Å². The number of ether oxygens (including phenoxy) is 1. The number of nitrogens with one attached hydrogen (secondary N) is 1. The van der Waals surface area contributed by atoms with Gasteiger partial charge in [-0.3, -0.25) is 4.98 Å². The van der Waals surface area contributed by atoms with Gasteiger partial charge in [-0.1, -0.05) is 11.6 Å². The van der Waals surface area contributed by atoms with Crippen LogP contribution in [0, 0.1) is 0 Å². The van der Waals surface area contributed by atoms with Crippen molar-refractivity contribution in [2.75, 3.05) is 19.0 Å². The summed E-state index contributed by atoms with van der Waals surface area (Å²) < 4.78 is 5.08. The quantitative estimate of drug-likeness (QED) is 0.894. The zero-order chi connectivity index (χ0) is 13.0. The third-order valence-corrected chi connectivity index (χ3v) is 3.20. The summed E-state index contributed by atoms with van der Waals surface area (Å²) in [5, 5.41) is 5.15. The fourth-order valence-electron chi connectivity index (χ4n) is 1.89. The number of methoxy groups -OCH3 is 1. The molecule has 0 amide bonds. The van der Waals surface area contributed by atoms with Gasteiger partial charge in [-0.15, -0.1) is 0 Å². The summed E-state index contributed by atoms with van der Waals surface area (Å²) in [5.41, 5.74) is 1.92. The third kappa shape index (κ3) is 2.92. The van der Waals surface area contributed by atoms with Crippen LogP contribution in [0.4, 0.5) is 5.69 Å². The number of halogens is 1. The first kappa shape index (κ1) is 13.1. The van der Waals surface area contributed by atoms with Crippen molar-refractivity contribution in [2.45, 2.75) is 19.4 Å². The van der Waals surface area contributed by atoms with Crippen LogP contribution < -0.4 is 5.32 Å². The molecule has 4 heteroatoms. The average molecular weight is 265 g/mol. The molecule has 0 aliphatic heterocycles. The second kappa shape index (κ2) is 6.03. The standard InChI is InChI=1S/C14H17ClN2O/c1-10(7-9-18-2)17-13-6-5-12(15)11-4-3-8-16-14(11)13/h3-6,8,10,17H,7,9H2,1-2H3. The Morgan fingerprint density at radius 3 is 3.00 bits per heavy atom. The van der Waals surface area contributed by atoms with Gasteiger partial charge in [0.1, 0.15) is 0 Å². The molecule has 0 aliphatic rings. The third-order valence-electron chi connectivity index (χ3n) is 2.87. The molecule has 2 rings (SSSR count). The zero-order valence-electron chi connectivity index (χ0n) is 10.6. The van der Waals surface area contributed by atoms with Crippen LogP contribution >= 0.6 is 11.6 Å². The monoisotopic (exact) mass is 264 g/mol. The molecule has 0 saturated heterocycles. The van der Waals surface area contributed by atoms with Crippen molar-refractivity contribution in [2.24, 2.45) is 0 Å². The Balaban J connectivity index is 2.26. The van der Waals surface area contributed by atoms with E-state index in [1.807, 2.05) is 24.3 Å². The second-order valence-corrected chi connectivity index (χ2v) is 4.73. The van der Waals surface area contributed by atoms with Crippen molar-refractivity contribution in [3.63, 3.8) is 0 Å². The van der Waals surface area contributed by atoms with Gasteiger partial charge in [-0.25, -0.2) is 0 Å². The molecule has 0 radical (unpaired) electrons. The molecule has 1 atom stereocenters. The molecule has 1 aromatic heterocycles. The molecule has 1 aromatic carbocycles. The first-order valence-corrected chi connectivity index (χ1v) is 6.39. The Morgan fingerprint density at radius 2 is 2.22 bits per heavy atom. The van der Waals surface area contributed by atoms with Crippen LogP contribution in [0.25, 0.3) is 10.9 Å². The highest BCUT2D eigenvalue weighted by atomic mass is 35.5. The van der Waals surface area contributed by atoms with Crippen molar-refractivity contribution in [3.8, 4) is 0 Å². The molecular formula is C14H17ClN2O. The van der Waals surface area contributed by atoms with Crippen LogP contribution in [0.1, 0.15) is 13.3 Å². The predicted molar refractivity (Wildman–Crippen MR) is 76.3 cm³/mol. The summed E-state index contributed by atoms with van der Waals surface area (Å²) in [6.45, 7) is 2.87. The summed E-state index contributed by atoms with van der Waals surface area (Å²) in [6, 6.07) is 8.08. The molecule has 1 unspecified atom stereocenters. The van der Waals surface area contributed by atoms with Crippen molar-refractivity contribution < 1.29 is 4.74 Å². The van der Waals surface area contributed by atoms with Crippen molar-refractivity contribution in [3.05, 3.63) is 35.5 Å². The number of hydrogen-bond donors (Lipinski definition) is 1. The van der Waals surface area contributed by atoms with Crippen LogP contribution in [0.15, 0.2) is 30.5 Å².